The quantitative estimate of drug-likeness (QED) is 0.639. The fourth-order valence-corrected chi connectivity index (χ4v) is 3.21. The summed E-state index contributed by atoms with van der Waals surface area (Å²) in [6.45, 7) is 1.77. The third-order valence-corrected chi connectivity index (χ3v) is 4.86. The van der Waals surface area contributed by atoms with Crippen LogP contribution < -0.4 is 5.32 Å². The third kappa shape index (κ3) is 5.07. The van der Waals surface area contributed by atoms with Crippen LogP contribution in [0.2, 0.25) is 0 Å². The van der Waals surface area contributed by atoms with Gasteiger partial charge in [0.2, 0.25) is 0 Å². The number of rotatable bonds is 5. The highest BCUT2D eigenvalue weighted by Gasteiger charge is 2.23. The smallest absolute Gasteiger partial charge is 0.270 e. The van der Waals surface area contributed by atoms with E-state index in [0.29, 0.717) is 49.0 Å². The summed E-state index contributed by atoms with van der Waals surface area (Å²) < 4.78 is 24.3. The second-order valence-corrected chi connectivity index (χ2v) is 6.99. The molecule has 1 aliphatic rings. The molecule has 2 heterocycles. The number of nitrogens with zero attached hydrogens (tertiary/aromatic N) is 1. The minimum Gasteiger partial charge on any atom is -0.457 e. The lowest BCUT2D eigenvalue weighted by molar-refractivity contribution is -0.131. The summed E-state index contributed by atoms with van der Waals surface area (Å²) in [6.07, 6.45) is 1.51. The third-order valence-electron chi connectivity index (χ3n) is 4.86. The Bertz CT molecular complexity index is 1080. The van der Waals surface area contributed by atoms with Crippen molar-refractivity contribution in [2.45, 2.75) is 0 Å². The van der Waals surface area contributed by atoms with E-state index in [1.54, 1.807) is 53.4 Å². The summed E-state index contributed by atoms with van der Waals surface area (Å²) in [5, 5.41) is 2.72. The maximum absolute atomic E-state index is 13.2. The van der Waals surface area contributed by atoms with Crippen LogP contribution in [0.1, 0.15) is 16.1 Å². The monoisotopic (exact) mass is 420 g/mol. The number of ether oxygens (including phenoxy) is 1. The zero-order valence-electron chi connectivity index (χ0n) is 16.7. The predicted octanol–water partition coefficient (Wildman–Crippen LogP) is 3.72. The van der Waals surface area contributed by atoms with Gasteiger partial charge in [-0.3, -0.25) is 9.59 Å². The Morgan fingerprint density at radius 2 is 1.65 bits per heavy atom. The molecule has 1 N–H and O–H groups in total. The van der Waals surface area contributed by atoms with Crippen LogP contribution in [0.25, 0.3) is 17.4 Å². The van der Waals surface area contributed by atoms with Crippen LogP contribution in [0.4, 0.5) is 4.39 Å². The first kappa shape index (κ1) is 20.6. The molecule has 0 saturated carbocycles. The average Bonchev–Trinajstić information content (AvgIpc) is 3.28. The molecule has 158 valence electrons. The largest absolute Gasteiger partial charge is 0.457 e. The summed E-state index contributed by atoms with van der Waals surface area (Å²) in [5.41, 5.74) is 1.25. The SMILES string of the molecule is O=C(N/C(=C/c1ccc(-c2ccc(F)cc2)o1)C(=O)N1CCOCC1)c1ccccc1. The second-order valence-electron chi connectivity index (χ2n) is 6.99. The Morgan fingerprint density at radius 3 is 2.35 bits per heavy atom. The van der Waals surface area contributed by atoms with Crippen LogP contribution >= 0.6 is 0 Å². The lowest BCUT2D eigenvalue weighted by atomic mass is 10.2. The highest BCUT2D eigenvalue weighted by atomic mass is 19.1. The van der Waals surface area contributed by atoms with Crippen molar-refractivity contribution in [1.29, 1.82) is 0 Å². The molecule has 6 nitrogen and oxygen atoms in total. The summed E-state index contributed by atoms with van der Waals surface area (Å²) >= 11 is 0. The number of furan rings is 1. The maximum Gasteiger partial charge on any atom is 0.270 e. The van der Waals surface area contributed by atoms with E-state index in [0.717, 1.165) is 0 Å². The molecular formula is C24H21FN2O4. The fraction of sp³-hybridized carbons (Fsp3) is 0.167. The van der Waals surface area contributed by atoms with Crippen LogP contribution in [0.5, 0.6) is 0 Å². The van der Waals surface area contributed by atoms with Crippen molar-refractivity contribution >= 4 is 17.9 Å². The first-order valence-electron chi connectivity index (χ1n) is 9.91. The van der Waals surface area contributed by atoms with Gasteiger partial charge in [0, 0.05) is 30.3 Å². The van der Waals surface area contributed by atoms with Crippen LogP contribution in [0, 0.1) is 5.82 Å². The minimum absolute atomic E-state index is 0.107. The topological polar surface area (TPSA) is 71.8 Å². The number of amides is 2. The highest BCUT2D eigenvalue weighted by Crippen LogP contribution is 2.24. The molecule has 0 bridgehead atoms. The summed E-state index contributed by atoms with van der Waals surface area (Å²) in [7, 11) is 0. The Balaban J connectivity index is 1.61. The summed E-state index contributed by atoms with van der Waals surface area (Å²) in [5.74, 6) is -0.119. The van der Waals surface area contributed by atoms with Crippen molar-refractivity contribution in [1.82, 2.24) is 10.2 Å². The molecule has 2 aromatic carbocycles. The number of morpholine rings is 1. The number of nitrogens with one attached hydrogen (secondary N) is 1. The van der Waals surface area contributed by atoms with Crippen LogP contribution in [-0.4, -0.2) is 43.0 Å². The van der Waals surface area contributed by atoms with Gasteiger partial charge in [-0.1, -0.05) is 18.2 Å². The Labute approximate surface area is 178 Å². The zero-order chi connectivity index (χ0) is 21.6. The van der Waals surface area contributed by atoms with Crippen molar-refractivity contribution in [3.8, 4) is 11.3 Å². The number of benzene rings is 2. The van der Waals surface area contributed by atoms with Gasteiger partial charge in [-0.25, -0.2) is 4.39 Å². The molecule has 1 saturated heterocycles. The summed E-state index contributed by atoms with van der Waals surface area (Å²) in [6, 6.07) is 18.0. The molecule has 31 heavy (non-hydrogen) atoms. The van der Waals surface area contributed by atoms with E-state index in [1.165, 1.54) is 18.2 Å². The maximum atomic E-state index is 13.2. The van der Waals surface area contributed by atoms with Gasteiger partial charge in [-0.05, 0) is 48.5 Å². The van der Waals surface area contributed by atoms with Crippen molar-refractivity contribution in [3.63, 3.8) is 0 Å². The molecule has 3 aromatic rings. The Morgan fingerprint density at radius 1 is 0.935 bits per heavy atom. The Hall–Kier alpha value is -3.71. The van der Waals surface area contributed by atoms with E-state index >= 15 is 0 Å². The molecule has 0 spiro atoms. The molecule has 0 atom stereocenters. The fourth-order valence-electron chi connectivity index (χ4n) is 3.21. The molecule has 7 heteroatoms. The van der Waals surface area contributed by atoms with Gasteiger partial charge in [0.1, 0.15) is 23.0 Å². The second kappa shape index (κ2) is 9.40. The first-order valence-corrected chi connectivity index (χ1v) is 9.91. The van der Waals surface area contributed by atoms with E-state index in [4.69, 9.17) is 9.15 Å². The lowest BCUT2D eigenvalue weighted by Crippen LogP contribution is -2.44. The molecule has 2 amide bonds. The molecule has 1 aromatic heterocycles. The van der Waals surface area contributed by atoms with Crippen molar-refractivity contribution < 1.29 is 23.1 Å². The molecule has 0 unspecified atom stereocenters. The van der Waals surface area contributed by atoms with Gasteiger partial charge in [-0.2, -0.15) is 0 Å². The molecule has 1 fully saturated rings. The lowest BCUT2D eigenvalue weighted by Gasteiger charge is -2.27. The van der Waals surface area contributed by atoms with Gasteiger partial charge in [0.15, 0.2) is 0 Å². The predicted molar refractivity (Wildman–Crippen MR) is 113 cm³/mol. The van der Waals surface area contributed by atoms with Crippen LogP contribution in [0.15, 0.2) is 76.8 Å². The van der Waals surface area contributed by atoms with Crippen molar-refractivity contribution in [2.75, 3.05) is 26.3 Å². The van der Waals surface area contributed by atoms with Crippen molar-refractivity contribution in [2.24, 2.45) is 0 Å². The number of carbonyl (C=O) groups excluding carboxylic acids is 2. The Kier molecular flexibility index (Phi) is 6.24. The molecule has 0 radical (unpaired) electrons. The molecular weight excluding hydrogens is 399 g/mol. The van der Waals surface area contributed by atoms with Gasteiger partial charge < -0.3 is 19.4 Å². The number of hydrogen-bond donors (Lipinski definition) is 1. The summed E-state index contributed by atoms with van der Waals surface area (Å²) in [4.78, 5) is 27.4. The van der Waals surface area contributed by atoms with E-state index < -0.39 is 5.91 Å². The van der Waals surface area contributed by atoms with Gasteiger partial charge in [0.05, 0.1) is 13.2 Å². The molecule has 4 rings (SSSR count). The van der Waals surface area contributed by atoms with Crippen LogP contribution in [-0.2, 0) is 9.53 Å². The average molecular weight is 420 g/mol. The van der Waals surface area contributed by atoms with E-state index in [1.807, 2.05) is 6.07 Å². The minimum atomic E-state index is -0.390. The van der Waals surface area contributed by atoms with Crippen LogP contribution in [0.3, 0.4) is 0 Å². The molecule has 1 aliphatic heterocycles. The van der Waals surface area contributed by atoms with Gasteiger partial charge in [-0.15, -0.1) is 0 Å². The molecule has 0 aliphatic carbocycles. The van der Waals surface area contributed by atoms with Gasteiger partial charge in [0.25, 0.3) is 11.8 Å². The highest BCUT2D eigenvalue weighted by molar-refractivity contribution is 6.05. The van der Waals surface area contributed by atoms with Crippen molar-refractivity contribution in [3.05, 3.63) is 89.6 Å². The van der Waals surface area contributed by atoms with E-state index in [-0.39, 0.29) is 17.4 Å². The first-order chi connectivity index (χ1) is 15.1. The standard InChI is InChI=1S/C24H21FN2O4/c25-19-8-6-17(7-9-19)22-11-10-20(31-22)16-21(24(29)27-12-14-30-15-13-27)26-23(28)18-4-2-1-3-5-18/h1-11,16H,12-15H2,(H,26,28)/b21-16+. The van der Waals surface area contributed by atoms with E-state index in [9.17, 15) is 14.0 Å². The number of halogens is 1. The van der Waals surface area contributed by atoms with E-state index in [2.05, 4.69) is 5.32 Å². The number of hydrogen-bond acceptors (Lipinski definition) is 4. The number of carbonyl (C=O) groups is 2. The normalized spacial score (nSPS) is 14.4. The zero-order valence-corrected chi connectivity index (χ0v) is 16.7. The van der Waals surface area contributed by atoms with Gasteiger partial charge >= 0.3 is 0 Å².